The Hall–Kier alpha value is -3.97. The van der Waals surface area contributed by atoms with E-state index in [9.17, 15) is 33.6 Å². The van der Waals surface area contributed by atoms with Crippen LogP contribution in [0.1, 0.15) is 75.2 Å². The highest BCUT2D eigenvalue weighted by Crippen LogP contribution is 2.65. The molecule has 2 heterocycles. The van der Waals surface area contributed by atoms with Crippen LogP contribution in [0.3, 0.4) is 0 Å². The van der Waals surface area contributed by atoms with Gasteiger partial charge in [0.2, 0.25) is 23.5 Å². The number of carbonyl (C=O) groups is 7. The van der Waals surface area contributed by atoms with Gasteiger partial charge in [0.1, 0.15) is 12.1 Å². The zero-order valence-electron chi connectivity index (χ0n) is 29.2. The maximum absolute atomic E-state index is 14.3. The number of urea groups is 2. The van der Waals surface area contributed by atoms with Gasteiger partial charge in [-0.25, -0.2) is 9.59 Å². The Morgan fingerprint density at radius 3 is 2.17 bits per heavy atom. The Balaban J connectivity index is 1.82. The number of nitrogens with one attached hydrogen (secondary N) is 5. The highest BCUT2D eigenvalue weighted by molar-refractivity contribution is 6.38. The summed E-state index contributed by atoms with van der Waals surface area (Å²) in [5, 5.41) is 13.4. The van der Waals surface area contributed by atoms with Gasteiger partial charge in [-0.2, -0.15) is 0 Å². The fraction of sp³-hybridized carbons (Fsp3) is 0.727. The second-order valence-corrected chi connectivity index (χ2v) is 15.6. The Bertz CT molecular complexity index is 1280. The van der Waals surface area contributed by atoms with Crippen LogP contribution in [-0.2, 0) is 24.0 Å². The number of hydrogen-bond donors (Lipinski definition) is 5. The van der Waals surface area contributed by atoms with Crippen LogP contribution in [0.4, 0.5) is 9.59 Å². The zero-order chi connectivity index (χ0) is 35.6. The van der Waals surface area contributed by atoms with E-state index in [0.29, 0.717) is 13.0 Å². The minimum absolute atomic E-state index is 0.0438. The van der Waals surface area contributed by atoms with E-state index in [4.69, 9.17) is 0 Å². The molecule has 2 saturated heterocycles. The SMILES string of the molecule is C=CCNC(=O)C(=O)C(CCC)NC(=O)[C@@H]1[C@@H]2[C@H](CN1C(=O)[C@@H](NC(=O)N[C@H](CN1C(=O)CNC1=O)C(C)(C)C)C(C)(C)C)C2(C)C. The predicted octanol–water partition coefficient (Wildman–Crippen LogP) is 1.31. The van der Waals surface area contributed by atoms with Crippen molar-refractivity contribution in [3.8, 4) is 0 Å². The van der Waals surface area contributed by atoms with Gasteiger partial charge < -0.3 is 31.5 Å². The first-order chi connectivity index (χ1) is 21.7. The van der Waals surface area contributed by atoms with Gasteiger partial charge in [-0.1, -0.05) is 74.8 Å². The van der Waals surface area contributed by atoms with Gasteiger partial charge in [-0.3, -0.25) is 28.9 Å². The average molecular weight is 660 g/mol. The molecule has 5 N–H and O–H groups in total. The summed E-state index contributed by atoms with van der Waals surface area (Å²) in [6.07, 6.45) is 2.23. The number of fused-ring (bicyclic) bond motifs is 1. The summed E-state index contributed by atoms with van der Waals surface area (Å²) in [6.45, 7) is 20.7. The second-order valence-electron chi connectivity index (χ2n) is 15.6. The number of rotatable bonds is 13. The van der Waals surface area contributed by atoms with Crippen LogP contribution in [0, 0.1) is 28.1 Å². The third-order valence-corrected chi connectivity index (χ3v) is 9.64. The summed E-state index contributed by atoms with van der Waals surface area (Å²) in [5.74, 6) is -3.06. The number of ketones is 1. The molecule has 3 rings (SSSR count). The van der Waals surface area contributed by atoms with Crippen molar-refractivity contribution in [1.82, 2.24) is 36.4 Å². The smallest absolute Gasteiger partial charge is 0.324 e. The summed E-state index contributed by atoms with van der Waals surface area (Å²) in [7, 11) is 0. The number of likely N-dealkylation sites (tertiary alicyclic amines) is 1. The van der Waals surface area contributed by atoms with Crippen molar-refractivity contribution in [3.05, 3.63) is 12.7 Å². The van der Waals surface area contributed by atoms with Gasteiger partial charge >= 0.3 is 12.1 Å². The van der Waals surface area contributed by atoms with E-state index in [1.165, 1.54) is 11.0 Å². The molecule has 262 valence electrons. The Morgan fingerprint density at radius 2 is 1.66 bits per heavy atom. The molecule has 6 atom stereocenters. The van der Waals surface area contributed by atoms with Crippen molar-refractivity contribution in [3.63, 3.8) is 0 Å². The maximum Gasteiger partial charge on any atom is 0.324 e. The number of nitrogens with zero attached hydrogens (tertiary/aromatic N) is 2. The van der Waals surface area contributed by atoms with Crippen molar-refractivity contribution >= 4 is 41.5 Å². The molecule has 14 heteroatoms. The lowest BCUT2D eigenvalue weighted by Crippen LogP contribution is -2.63. The molecular formula is C33H53N7O7. The van der Waals surface area contributed by atoms with E-state index >= 15 is 0 Å². The summed E-state index contributed by atoms with van der Waals surface area (Å²) < 4.78 is 0. The van der Waals surface area contributed by atoms with E-state index in [1.807, 2.05) is 41.5 Å². The number of Topliss-reactive ketones (excluding diaryl/α,β-unsaturated/α-hetero) is 1. The molecule has 8 amide bonds. The minimum atomic E-state index is -1.06. The van der Waals surface area contributed by atoms with Crippen molar-refractivity contribution in [2.75, 3.05) is 26.2 Å². The van der Waals surface area contributed by atoms with E-state index in [0.717, 1.165) is 4.90 Å². The lowest BCUT2D eigenvalue weighted by molar-refractivity contribution is -0.145. The van der Waals surface area contributed by atoms with E-state index in [-0.39, 0.29) is 43.3 Å². The second kappa shape index (κ2) is 14.0. The first-order valence-corrected chi connectivity index (χ1v) is 16.4. The normalized spacial score (nSPS) is 23.6. The number of hydrogen-bond acceptors (Lipinski definition) is 7. The van der Waals surface area contributed by atoms with Crippen molar-refractivity contribution in [1.29, 1.82) is 0 Å². The van der Waals surface area contributed by atoms with Gasteiger partial charge in [0.25, 0.3) is 5.91 Å². The molecule has 2 aliphatic heterocycles. The first kappa shape index (κ1) is 37.5. The lowest BCUT2D eigenvalue weighted by atomic mass is 9.85. The van der Waals surface area contributed by atoms with Crippen molar-refractivity contribution in [2.24, 2.45) is 28.1 Å². The molecule has 0 bridgehead atoms. The van der Waals surface area contributed by atoms with Crippen LogP contribution in [-0.4, -0.2) is 102 Å². The summed E-state index contributed by atoms with van der Waals surface area (Å²) >= 11 is 0. The van der Waals surface area contributed by atoms with Crippen molar-refractivity contribution in [2.45, 2.75) is 99.3 Å². The number of piperidine rings is 1. The Morgan fingerprint density at radius 1 is 1.02 bits per heavy atom. The van der Waals surface area contributed by atoms with Crippen molar-refractivity contribution < 1.29 is 33.6 Å². The standard InChI is InChI=1S/C33H53N7O7/c1-11-13-19(24(42)27(44)34-14-12-2)36-26(43)23-22-18(33(22,9)10)16-40(23)28(45)25(32(6,7)8)38-29(46)37-20(31(3,4)5)17-39-21(41)15-35-30(39)47/h12,18-20,22-23,25H,2,11,13-17H2,1,3-10H3,(H,34,44)(H,35,47)(H,36,43)(H2,37,38,46)/t18-,19?,20+,22-,23-,25+/m0/s1. The zero-order valence-corrected chi connectivity index (χ0v) is 29.2. The van der Waals surface area contributed by atoms with Crippen LogP contribution in [0.25, 0.3) is 0 Å². The molecular weight excluding hydrogens is 606 g/mol. The van der Waals surface area contributed by atoms with Gasteiger partial charge in [-0.05, 0) is 34.5 Å². The van der Waals surface area contributed by atoms with E-state index in [1.54, 1.807) is 20.8 Å². The van der Waals surface area contributed by atoms with Crippen LogP contribution < -0.4 is 26.6 Å². The van der Waals surface area contributed by atoms with Gasteiger partial charge in [0.05, 0.1) is 25.2 Å². The van der Waals surface area contributed by atoms with Gasteiger partial charge in [0, 0.05) is 13.1 Å². The largest absolute Gasteiger partial charge is 0.346 e. The molecule has 1 saturated carbocycles. The molecule has 0 spiro atoms. The molecule has 47 heavy (non-hydrogen) atoms. The molecule has 1 unspecified atom stereocenters. The van der Waals surface area contributed by atoms with Gasteiger partial charge in [-0.15, -0.1) is 6.58 Å². The van der Waals surface area contributed by atoms with E-state index in [2.05, 4.69) is 33.2 Å². The number of carbonyl (C=O) groups excluding carboxylic acids is 7. The third-order valence-electron chi connectivity index (χ3n) is 9.64. The molecule has 14 nitrogen and oxygen atoms in total. The Kier molecular flexibility index (Phi) is 11.2. The number of imide groups is 1. The molecule has 0 aromatic rings. The fourth-order valence-electron chi connectivity index (χ4n) is 6.54. The van der Waals surface area contributed by atoms with E-state index < -0.39 is 76.5 Å². The Labute approximate surface area is 277 Å². The van der Waals surface area contributed by atoms with Crippen LogP contribution >= 0.6 is 0 Å². The summed E-state index contributed by atoms with van der Waals surface area (Å²) in [6, 6.07) is -4.83. The molecule has 3 aliphatic rings. The number of amides is 8. The monoisotopic (exact) mass is 659 g/mol. The lowest BCUT2D eigenvalue weighted by Gasteiger charge is -2.39. The summed E-state index contributed by atoms with van der Waals surface area (Å²) in [4.78, 5) is 94.1. The fourth-order valence-corrected chi connectivity index (χ4v) is 6.54. The maximum atomic E-state index is 14.3. The van der Waals surface area contributed by atoms with Crippen LogP contribution in [0.15, 0.2) is 12.7 Å². The van der Waals surface area contributed by atoms with Crippen LogP contribution in [0.2, 0.25) is 0 Å². The predicted molar refractivity (Wildman–Crippen MR) is 175 cm³/mol. The molecule has 0 aromatic carbocycles. The van der Waals surface area contributed by atoms with Gasteiger partial charge in [0.15, 0.2) is 0 Å². The average Bonchev–Trinajstić information content (AvgIpc) is 3.24. The summed E-state index contributed by atoms with van der Waals surface area (Å²) in [5.41, 5.74) is -1.54. The minimum Gasteiger partial charge on any atom is -0.346 e. The topological polar surface area (TPSA) is 186 Å². The third kappa shape index (κ3) is 8.31. The first-order valence-electron chi connectivity index (χ1n) is 16.4. The quantitative estimate of drug-likeness (QED) is 0.112. The molecule has 3 fully saturated rings. The molecule has 0 aromatic heterocycles. The molecule has 1 aliphatic carbocycles. The van der Waals surface area contributed by atoms with Crippen LogP contribution in [0.5, 0.6) is 0 Å². The molecule has 0 radical (unpaired) electrons. The highest BCUT2D eigenvalue weighted by atomic mass is 16.2. The highest BCUT2D eigenvalue weighted by Gasteiger charge is 2.70.